The van der Waals surface area contributed by atoms with Gasteiger partial charge in [0.05, 0.1) is 0 Å². The summed E-state index contributed by atoms with van der Waals surface area (Å²) in [5.74, 6) is 0. The first-order valence-electron chi connectivity index (χ1n) is 6.76. The first-order chi connectivity index (χ1) is 10.2. The van der Waals surface area contributed by atoms with Crippen molar-refractivity contribution in [2.75, 3.05) is 5.32 Å². The number of hydrogen-bond donors (Lipinski definition) is 2. The molecule has 0 aliphatic rings. The number of halogens is 1. The lowest BCUT2D eigenvalue weighted by molar-refractivity contribution is 0.255. The molecule has 0 fully saturated rings. The molecule has 0 saturated heterocycles. The summed E-state index contributed by atoms with van der Waals surface area (Å²) in [5.41, 5.74) is 2.85. The molecular formula is C17H17ClN2O. The highest BCUT2D eigenvalue weighted by Crippen LogP contribution is 2.15. The van der Waals surface area contributed by atoms with Gasteiger partial charge in [-0.2, -0.15) is 0 Å². The molecule has 21 heavy (non-hydrogen) atoms. The monoisotopic (exact) mass is 300 g/mol. The molecule has 2 aromatic carbocycles. The Labute approximate surface area is 129 Å². The Morgan fingerprint density at radius 1 is 1.14 bits per heavy atom. The van der Waals surface area contributed by atoms with Gasteiger partial charge in [-0.25, -0.2) is 4.79 Å². The first-order valence-corrected chi connectivity index (χ1v) is 7.14. The number of rotatable bonds is 4. The zero-order valence-electron chi connectivity index (χ0n) is 11.8. The first kappa shape index (κ1) is 15.1. The van der Waals surface area contributed by atoms with Crippen molar-refractivity contribution in [1.29, 1.82) is 0 Å². The molecule has 4 heteroatoms. The Morgan fingerprint density at radius 2 is 1.86 bits per heavy atom. The summed E-state index contributed by atoms with van der Waals surface area (Å²) in [7, 11) is 0. The molecule has 0 atom stereocenters. The van der Waals surface area contributed by atoms with Crippen LogP contribution in [0.3, 0.4) is 0 Å². The molecule has 0 heterocycles. The predicted octanol–water partition coefficient (Wildman–Crippen LogP) is 4.69. The number of amides is 2. The number of anilines is 1. The maximum Gasteiger partial charge on any atom is 0.323 e. The Kier molecular flexibility index (Phi) is 5.41. The Bertz CT molecular complexity index is 635. The van der Waals surface area contributed by atoms with Crippen molar-refractivity contribution in [3.63, 3.8) is 0 Å². The molecule has 0 aromatic heterocycles. The van der Waals surface area contributed by atoms with E-state index in [-0.39, 0.29) is 6.03 Å². The van der Waals surface area contributed by atoms with Crippen LogP contribution in [0.2, 0.25) is 5.02 Å². The molecule has 0 radical (unpaired) electrons. The number of carbonyl (C=O) groups is 1. The minimum absolute atomic E-state index is 0.289. The van der Waals surface area contributed by atoms with Crippen LogP contribution in [0.5, 0.6) is 0 Å². The van der Waals surface area contributed by atoms with E-state index in [1.807, 2.05) is 42.5 Å². The molecule has 2 rings (SSSR count). The number of urea groups is 1. The van der Waals surface area contributed by atoms with Crippen LogP contribution in [0.25, 0.3) is 6.08 Å². The van der Waals surface area contributed by atoms with Gasteiger partial charge in [-0.1, -0.05) is 48.9 Å². The largest absolute Gasteiger partial charge is 0.323 e. The minimum atomic E-state index is -0.289. The van der Waals surface area contributed by atoms with E-state index in [0.29, 0.717) is 5.02 Å². The summed E-state index contributed by atoms with van der Waals surface area (Å²) in [6.07, 6.45) is 4.30. The average molecular weight is 301 g/mol. The highest BCUT2D eigenvalue weighted by atomic mass is 35.5. The van der Waals surface area contributed by atoms with E-state index in [9.17, 15) is 4.79 Å². The zero-order valence-corrected chi connectivity index (χ0v) is 12.5. The van der Waals surface area contributed by atoms with Gasteiger partial charge in [-0.05, 0) is 41.8 Å². The molecule has 0 aliphatic carbocycles. The third-order valence-electron chi connectivity index (χ3n) is 3.00. The van der Waals surface area contributed by atoms with Gasteiger partial charge in [0.1, 0.15) is 0 Å². The van der Waals surface area contributed by atoms with Gasteiger partial charge in [-0.15, -0.1) is 0 Å². The fourth-order valence-electron chi connectivity index (χ4n) is 1.81. The maximum absolute atomic E-state index is 11.7. The van der Waals surface area contributed by atoms with E-state index >= 15 is 0 Å². The lowest BCUT2D eigenvalue weighted by Gasteiger charge is -2.05. The summed E-state index contributed by atoms with van der Waals surface area (Å²) in [6.45, 7) is 2.09. The minimum Gasteiger partial charge on any atom is -0.314 e. The standard InChI is InChI=1S/C17H17ClN2O/c1-2-13-7-9-15(10-8-13)20-17(21)19-12-11-14-5-3-4-6-16(14)18/h3-12H,2H2,1H3,(H2,19,20,21)/b12-11+. The molecule has 0 spiro atoms. The third kappa shape index (κ3) is 4.65. The van der Waals surface area contributed by atoms with Gasteiger partial charge in [0, 0.05) is 16.9 Å². The van der Waals surface area contributed by atoms with Crippen LogP contribution in [-0.2, 0) is 6.42 Å². The SMILES string of the molecule is CCc1ccc(NC(=O)N/C=C/c2ccccc2Cl)cc1. The molecule has 2 amide bonds. The summed E-state index contributed by atoms with van der Waals surface area (Å²) < 4.78 is 0. The number of carbonyl (C=O) groups excluding carboxylic acids is 1. The molecule has 0 aliphatic heterocycles. The smallest absolute Gasteiger partial charge is 0.314 e. The van der Waals surface area contributed by atoms with Crippen LogP contribution in [-0.4, -0.2) is 6.03 Å². The number of benzene rings is 2. The summed E-state index contributed by atoms with van der Waals surface area (Å²) in [5, 5.41) is 6.05. The number of aryl methyl sites for hydroxylation is 1. The van der Waals surface area contributed by atoms with E-state index in [4.69, 9.17) is 11.6 Å². The lowest BCUT2D eigenvalue weighted by atomic mass is 10.1. The molecular weight excluding hydrogens is 284 g/mol. The predicted molar refractivity (Wildman–Crippen MR) is 88.5 cm³/mol. The summed E-state index contributed by atoms with van der Waals surface area (Å²) in [4.78, 5) is 11.7. The molecule has 0 unspecified atom stereocenters. The van der Waals surface area contributed by atoms with Gasteiger partial charge < -0.3 is 10.6 Å². The number of nitrogens with one attached hydrogen (secondary N) is 2. The van der Waals surface area contributed by atoms with Gasteiger partial charge >= 0.3 is 6.03 Å². The van der Waals surface area contributed by atoms with Crippen LogP contribution in [0.15, 0.2) is 54.7 Å². The van der Waals surface area contributed by atoms with Crippen LogP contribution in [0.4, 0.5) is 10.5 Å². The summed E-state index contributed by atoms with van der Waals surface area (Å²) in [6, 6.07) is 14.9. The molecule has 3 nitrogen and oxygen atoms in total. The van der Waals surface area contributed by atoms with E-state index in [0.717, 1.165) is 17.7 Å². The van der Waals surface area contributed by atoms with Crippen molar-refractivity contribution in [3.05, 3.63) is 70.9 Å². The van der Waals surface area contributed by atoms with Gasteiger partial charge in [0.25, 0.3) is 0 Å². The van der Waals surface area contributed by atoms with Gasteiger partial charge in [0.2, 0.25) is 0 Å². The van der Waals surface area contributed by atoms with Gasteiger partial charge in [0.15, 0.2) is 0 Å². The summed E-state index contributed by atoms with van der Waals surface area (Å²) >= 11 is 6.02. The Balaban J connectivity index is 1.88. The quantitative estimate of drug-likeness (QED) is 0.844. The Hall–Kier alpha value is -2.26. The van der Waals surface area contributed by atoms with Crippen LogP contribution in [0, 0.1) is 0 Å². The molecule has 2 aromatic rings. The van der Waals surface area contributed by atoms with Crippen molar-refractivity contribution in [3.8, 4) is 0 Å². The van der Waals surface area contributed by atoms with Gasteiger partial charge in [-0.3, -0.25) is 0 Å². The normalized spacial score (nSPS) is 10.6. The third-order valence-corrected chi connectivity index (χ3v) is 3.35. The molecule has 0 saturated carbocycles. The Morgan fingerprint density at radius 3 is 2.52 bits per heavy atom. The fourth-order valence-corrected chi connectivity index (χ4v) is 2.01. The lowest BCUT2D eigenvalue weighted by Crippen LogP contribution is -2.23. The van der Waals surface area contributed by atoms with E-state index in [1.165, 1.54) is 5.56 Å². The molecule has 0 bridgehead atoms. The fraction of sp³-hybridized carbons (Fsp3) is 0.118. The number of hydrogen-bond acceptors (Lipinski definition) is 1. The highest BCUT2D eigenvalue weighted by molar-refractivity contribution is 6.32. The zero-order chi connectivity index (χ0) is 15.1. The van der Waals surface area contributed by atoms with Crippen LogP contribution >= 0.6 is 11.6 Å². The molecule has 2 N–H and O–H groups in total. The maximum atomic E-state index is 11.7. The van der Waals surface area contributed by atoms with Crippen LogP contribution in [0.1, 0.15) is 18.1 Å². The van der Waals surface area contributed by atoms with Crippen molar-refractivity contribution in [1.82, 2.24) is 5.32 Å². The second kappa shape index (κ2) is 7.50. The van der Waals surface area contributed by atoms with Crippen molar-refractivity contribution < 1.29 is 4.79 Å². The topological polar surface area (TPSA) is 41.1 Å². The highest BCUT2D eigenvalue weighted by Gasteiger charge is 1.99. The van der Waals surface area contributed by atoms with Crippen molar-refractivity contribution in [2.24, 2.45) is 0 Å². The van der Waals surface area contributed by atoms with E-state index in [2.05, 4.69) is 17.6 Å². The molecule has 108 valence electrons. The second-order valence-electron chi connectivity index (χ2n) is 4.50. The average Bonchev–Trinajstić information content (AvgIpc) is 2.50. The van der Waals surface area contributed by atoms with Crippen molar-refractivity contribution >= 4 is 29.4 Å². The van der Waals surface area contributed by atoms with E-state index < -0.39 is 0 Å². The van der Waals surface area contributed by atoms with E-state index in [1.54, 1.807) is 18.3 Å². The van der Waals surface area contributed by atoms with Crippen molar-refractivity contribution in [2.45, 2.75) is 13.3 Å². The van der Waals surface area contributed by atoms with Crippen LogP contribution < -0.4 is 10.6 Å². The second-order valence-corrected chi connectivity index (χ2v) is 4.91.